The van der Waals surface area contributed by atoms with E-state index in [0.717, 1.165) is 49.4 Å². The van der Waals surface area contributed by atoms with E-state index in [0.29, 0.717) is 0 Å². The van der Waals surface area contributed by atoms with Crippen molar-refractivity contribution in [2.75, 3.05) is 26.3 Å². The van der Waals surface area contributed by atoms with Gasteiger partial charge in [-0.1, -0.05) is 26.0 Å². The van der Waals surface area contributed by atoms with Crippen LogP contribution in [0.2, 0.25) is 0 Å². The molecule has 3 rings (SSSR count). The molecule has 0 N–H and O–H groups in total. The second-order valence-corrected chi connectivity index (χ2v) is 5.64. The number of aldehydes is 1. The first kappa shape index (κ1) is 15.2. The third kappa shape index (κ3) is 3.66. The minimum atomic E-state index is 0.800. The molecule has 1 saturated heterocycles. The number of carbonyl (C=O) groups excluding carboxylic acids is 1. The number of nitrogens with zero attached hydrogens (tertiary/aromatic N) is 1. The topological polar surface area (TPSA) is 29.5 Å². The van der Waals surface area contributed by atoms with Gasteiger partial charge < -0.3 is 4.74 Å². The van der Waals surface area contributed by atoms with Crippen molar-refractivity contribution in [1.82, 2.24) is 4.90 Å². The first-order chi connectivity index (χ1) is 9.85. The predicted octanol–water partition coefficient (Wildman–Crippen LogP) is 3.57. The number of benzene rings is 1. The van der Waals surface area contributed by atoms with E-state index in [1.165, 1.54) is 10.3 Å². The maximum Gasteiger partial charge on any atom is 0.160 e. The number of thiophene rings is 1. The van der Waals surface area contributed by atoms with Gasteiger partial charge in [0.05, 0.1) is 18.1 Å². The molecule has 1 aliphatic rings. The van der Waals surface area contributed by atoms with Gasteiger partial charge in [-0.25, -0.2) is 0 Å². The maximum absolute atomic E-state index is 10.8. The third-order valence-corrected chi connectivity index (χ3v) is 4.25. The summed E-state index contributed by atoms with van der Waals surface area (Å²) in [4.78, 5) is 14.0. The fourth-order valence-corrected chi connectivity index (χ4v) is 3.21. The van der Waals surface area contributed by atoms with Gasteiger partial charge in [-0.05, 0) is 23.1 Å². The van der Waals surface area contributed by atoms with Crippen LogP contribution in [0.3, 0.4) is 0 Å². The van der Waals surface area contributed by atoms with Crippen molar-refractivity contribution in [3.8, 4) is 0 Å². The average Bonchev–Trinajstić information content (AvgIpc) is 2.93. The molecular weight excluding hydrogens is 270 g/mol. The normalized spacial score (nSPS) is 15.7. The number of hydrogen-bond acceptors (Lipinski definition) is 4. The molecule has 0 atom stereocenters. The summed E-state index contributed by atoms with van der Waals surface area (Å²) in [6, 6.07) is 8.40. The van der Waals surface area contributed by atoms with Gasteiger partial charge in [-0.15, -0.1) is 11.3 Å². The average molecular weight is 291 g/mol. The molecule has 0 spiro atoms. The molecule has 2 aromatic rings. The summed E-state index contributed by atoms with van der Waals surface area (Å²) in [5, 5.41) is 1.16. The van der Waals surface area contributed by atoms with Crippen LogP contribution in [0.4, 0.5) is 0 Å². The van der Waals surface area contributed by atoms with E-state index in [4.69, 9.17) is 4.74 Å². The number of morpholine rings is 1. The molecule has 20 heavy (non-hydrogen) atoms. The fourth-order valence-electron chi connectivity index (χ4n) is 2.27. The Labute approximate surface area is 124 Å². The first-order valence-electron chi connectivity index (χ1n) is 7.13. The highest BCUT2D eigenvalue weighted by Gasteiger charge is 2.11. The lowest BCUT2D eigenvalue weighted by Gasteiger charge is -2.26. The zero-order chi connectivity index (χ0) is 14.4. The van der Waals surface area contributed by atoms with Gasteiger partial charge >= 0.3 is 0 Å². The Morgan fingerprint density at radius 1 is 1.25 bits per heavy atom. The second-order valence-electron chi connectivity index (χ2n) is 4.53. The van der Waals surface area contributed by atoms with Crippen LogP contribution in [0.5, 0.6) is 0 Å². The molecule has 1 aromatic heterocycles. The Bertz CT molecular complexity index is 559. The van der Waals surface area contributed by atoms with Gasteiger partial charge in [0.2, 0.25) is 0 Å². The molecule has 3 nitrogen and oxygen atoms in total. The summed E-state index contributed by atoms with van der Waals surface area (Å²) in [5.41, 5.74) is 1.31. The molecule has 2 heterocycles. The Balaban J connectivity index is 0.000000704. The van der Waals surface area contributed by atoms with E-state index in [9.17, 15) is 4.79 Å². The summed E-state index contributed by atoms with van der Waals surface area (Å²) >= 11 is 1.56. The summed E-state index contributed by atoms with van der Waals surface area (Å²) < 4.78 is 6.54. The standard InChI is InChI=1S/C14H15NO2S.C2H6/c16-10-13-8-12-2-1-11(7-14(12)18-13)9-15-3-5-17-6-4-15;1-2/h1-2,7-8,10H,3-6,9H2;1-2H3. The summed E-state index contributed by atoms with van der Waals surface area (Å²) in [6.45, 7) is 8.63. The summed E-state index contributed by atoms with van der Waals surface area (Å²) in [5.74, 6) is 0. The molecule has 0 bridgehead atoms. The van der Waals surface area contributed by atoms with Gasteiger partial charge in [0.15, 0.2) is 6.29 Å². The van der Waals surface area contributed by atoms with Gasteiger partial charge in [0.25, 0.3) is 0 Å². The van der Waals surface area contributed by atoms with Gasteiger partial charge in [0, 0.05) is 24.3 Å². The Morgan fingerprint density at radius 3 is 2.70 bits per heavy atom. The lowest BCUT2D eigenvalue weighted by molar-refractivity contribution is 0.0342. The fraction of sp³-hybridized carbons (Fsp3) is 0.438. The maximum atomic E-state index is 10.8. The largest absolute Gasteiger partial charge is 0.379 e. The van der Waals surface area contributed by atoms with E-state index in [1.54, 1.807) is 11.3 Å². The molecule has 108 valence electrons. The second kappa shape index (κ2) is 7.53. The number of hydrogen-bond donors (Lipinski definition) is 0. The van der Waals surface area contributed by atoms with Crippen molar-refractivity contribution in [3.63, 3.8) is 0 Å². The van der Waals surface area contributed by atoms with Crippen molar-refractivity contribution in [3.05, 3.63) is 34.7 Å². The molecule has 0 saturated carbocycles. The quantitative estimate of drug-likeness (QED) is 0.810. The highest BCUT2D eigenvalue weighted by atomic mass is 32.1. The van der Waals surface area contributed by atoms with Crippen LogP contribution in [0, 0.1) is 0 Å². The summed E-state index contributed by atoms with van der Waals surface area (Å²) in [7, 11) is 0. The SMILES string of the molecule is CC.O=Cc1cc2ccc(CN3CCOCC3)cc2s1. The third-order valence-electron chi connectivity index (χ3n) is 3.23. The van der Waals surface area contributed by atoms with Crippen molar-refractivity contribution in [2.45, 2.75) is 20.4 Å². The van der Waals surface area contributed by atoms with Crippen LogP contribution in [0.15, 0.2) is 24.3 Å². The van der Waals surface area contributed by atoms with E-state index in [1.807, 2.05) is 19.9 Å². The Hall–Kier alpha value is -1.23. The molecule has 1 aromatic carbocycles. The lowest BCUT2D eigenvalue weighted by Crippen LogP contribution is -2.35. The van der Waals surface area contributed by atoms with Crippen LogP contribution in [-0.2, 0) is 11.3 Å². The Kier molecular flexibility index (Phi) is 5.71. The van der Waals surface area contributed by atoms with E-state index < -0.39 is 0 Å². The van der Waals surface area contributed by atoms with Crippen molar-refractivity contribution in [2.24, 2.45) is 0 Å². The van der Waals surface area contributed by atoms with Gasteiger partial charge in [-0.2, -0.15) is 0 Å². The number of ether oxygens (including phenoxy) is 1. The van der Waals surface area contributed by atoms with Gasteiger partial charge in [-0.3, -0.25) is 9.69 Å². The molecule has 1 fully saturated rings. The molecule has 0 radical (unpaired) electrons. The minimum absolute atomic E-state index is 0.800. The van der Waals surface area contributed by atoms with E-state index in [2.05, 4.69) is 23.1 Å². The highest BCUT2D eigenvalue weighted by molar-refractivity contribution is 7.20. The van der Waals surface area contributed by atoms with Crippen molar-refractivity contribution in [1.29, 1.82) is 0 Å². The van der Waals surface area contributed by atoms with Crippen LogP contribution in [0.1, 0.15) is 29.1 Å². The first-order valence-corrected chi connectivity index (χ1v) is 7.94. The van der Waals surface area contributed by atoms with Crippen LogP contribution in [-0.4, -0.2) is 37.5 Å². The van der Waals surface area contributed by atoms with Gasteiger partial charge in [0.1, 0.15) is 0 Å². The van der Waals surface area contributed by atoms with E-state index in [-0.39, 0.29) is 0 Å². The zero-order valence-corrected chi connectivity index (χ0v) is 12.9. The zero-order valence-electron chi connectivity index (χ0n) is 12.1. The lowest BCUT2D eigenvalue weighted by atomic mass is 10.1. The number of rotatable bonds is 3. The van der Waals surface area contributed by atoms with Crippen LogP contribution >= 0.6 is 11.3 Å². The molecule has 0 unspecified atom stereocenters. The highest BCUT2D eigenvalue weighted by Crippen LogP contribution is 2.26. The minimum Gasteiger partial charge on any atom is -0.379 e. The van der Waals surface area contributed by atoms with Crippen LogP contribution < -0.4 is 0 Å². The van der Waals surface area contributed by atoms with Crippen molar-refractivity contribution < 1.29 is 9.53 Å². The molecule has 4 heteroatoms. The monoisotopic (exact) mass is 291 g/mol. The summed E-state index contributed by atoms with van der Waals surface area (Å²) in [6.07, 6.45) is 0.923. The molecule has 0 aliphatic carbocycles. The molecular formula is C16H21NO2S. The molecule has 1 aliphatic heterocycles. The van der Waals surface area contributed by atoms with E-state index >= 15 is 0 Å². The molecule has 0 amide bonds. The van der Waals surface area contributed by atoms with Crippen molar-refractivity contribution >= 4 is 27.7 Å². The number of carbonyl (C=O) groups is 1. The smallest absolute Gasteiger partial charge is 0.160 e. The predicted molar refractivity (Wildman–Crippen MR) is 84.7 cm³/mol. The number of fused-ring (bicyclic) bond motifs is 1. The Morgan fingerprint density at radius 2 is 2.00 bits per heavy atom. The van der Waals surface area contributed by atoms with Crippen LogP contribution in [0.25, 0.3) is 10.1 Å².